The fourth-order valence-electron chi connectivity index (χ4n) is 0.718. The zero-order chi connectivity index (χ0) is 9.64. The second-order valence-electron chi connectivity index (χ2n) is 2.13. The second kappa shape index (κ2) is 5.55. The average Bonchev–Trinajstić information content (AvgIpc) is 2.86. The maximum Gasteiger partial charge on any atom is 0.192 e. The molecule has 0 N–H and O–H groups in total. The molecule has 0 bridgehead atoms. The first kappa shape index (κ1) is 10.2. The van der Waals surface area contributed by atoms with Crippen LogP contribution < -0.4 is 3.98 Å². The molecule has 2 rings (SSSR count). The molecule has 0 saturated carbocycles. The van der Waals surface area contributed by atoms with Gasteiger partial charge in [0.25, 0.3) is 0 Å². The maximum absolute atomic E-state index is 4.05. The van der Waals surface area contributed by atoms with Gasteiger partial charge in [-0.3, -0.25) is 0 Å². The normalized spacial score (nSPS) is 15.3. The fourth-order valence-corrected chi connectivity index (χ4v) is 3.69. The molecule has 0 spiro atoms. The van der Waals surface area contributed by atoms with Crippen LogP contribution in [0.15, 0.2) is 42.1 Å². The van der Waals surface area contributed by atoms with Crippen LogP contribution >= 0.6 is 46.2 Å². The van der Waals surface area contributed by atoms with E-state index in [1.54, 1.807) is 52.4 Å². The number of thioether (sulfide) groups is 2. The van der Waals surface area contributed by atoms with Crippen LogP contribution in [-0.4, -0.2) is 6.21 Å². The first-order valence-corrected chi connectivity index (χ1v) is 7.25. The largest absolute Gasteiger partial charge is 0.192 e. The molecular formula is C8H6N2S4. The molecule has 0 aliphatic carbocycles. The van der Waals surface area contributed by atoms with Crippen molar-refractivity contribution in [2.75, 3.05) is 0 Å². The van der Waals surface area contributed by atoms with Gasteiger partial charge < -0.3 is 0 Å². The van der Waals surface area contributed by atoms with Crippen molar-refractivity contribution >= 4 is 52.4 Å². The van der Waals surface area contributed by atoms with Gasteiger partial charge in [0.05, 0.1) is 10.5 Å². The third-order valence-corrected chi connectivity index (χ3v) is 5.13. The highest BCUT2D eigenvalue weighted by atomic mass is 32.2. The molecule has 1 aliphatic rings. The van der Waals surface area contributed by atoms with Gasteiger partial charge >= 0.3 is 0 Å². The summed E-state index contributed by atoms with van der Waals surface area (Å²) in [5.41, 5.74) is 0. The molecule has 1 aromatic heterocycles. The summed E-state index contributed by atoms with van der Waals surface area (Å²) in [5.74, 6) is 0. The summed E-state index contributed by atoms with van der Waals surface area (Å²) in [6.45, 7) is 0. The molecule has 0 radical (unpaired) electrons. The van der Waals surface area contributed by atoms with E-state index in [2.05, 4.69) is 21.0 Å². The van der Waals surface area contributed by atoms with Crippen LogP contribution in [0.5, 0.6) is 0 Å². The van der Waals surface area contributed by atoms with E-state index in [1.807, 2.05) is 16.8 Å². The molecular weight excluding hydrogens is 252 g/mol. The molecule has 1 aliphatic heterocycles. The molecule has 0 saturated heterocycles. The predicted molar refractivity (Wildman–Crippen MR) is 68.7 cm³/mol. The Morgan fingerprint density at radius 1 is 1.07 bits per heavy atom. The lowest BCUT2D eigenvalue weighted by atomic mass is 10.7. The molecule has 2 nitrogen and oxygen atoms in total. The number of hydrogen-bond acceptors (Lipinski definition) is 6. The zero-order valence-electron chi connectivity index (χ0n) is 6.99. The average molecular weight is 258 g/mol. The molecule has 72 valence electrons. The van der Waals surface area contributed by atoms with Crippen LogP contribution in [0.3, 0.4) is 0 Å². The summed E-state index contributed by atoms with van der Waals surface area (Å²) in [4.78, 5) is 0. The fraction of sp³-hybridized carbons (Fsp3) is 0. The van der Waals surface area contributed by atoms with Gasteiger partial charge in [-0.15, -0.1) is 27.8 Å². The Morgan fingerprint density at radius 2 is 1.79 bits per heavy atom. The topological polar surface area (TPSA) is 24.7 Å². The summed E-state index contributed by atoms with van der Waals surface area (Å²) in [6, 6.07) is 0. The monoisotopic (exact) mass is 258 g/mol. The van der Waals surface area contributed by atoms with E-state index in [1.165, 1.54) is 4.24 Å². The predicted octanol–water partition coefficient (Wildman–Crippen LogP) is 3.49. The van der Waals surface area contributed by atoms with Gasteiger partial charge in [-0.1, -0.05) is 23.5 Å². The van der Waals surface area contributed by atoms with Crippen molar-refractivity contribution in [1.29, 1.82) is 0 Å². The van der Waals surface area contributed by atoms with Crippen molar-refractivity contribution in [3.8, 4) is 0 Å². The SMILES string of the molecule is C1=CSC(=C/C=N/N=c2sccs2)S1. The van der Waals surface area contributed by atoms with Gasteiger partial charge in [-0.25, -0.2) is 0 Å². The van der Waals surface area contributed by atoms with Crippen LogP contribution in [0.4, 0.5) is 0 Å². The highest BCUT2D eigenvalue weighted by molar-refractivity contribution is 8.27. The van der Waals surface area contributed by atoms with Gasteiger partial charge in [0.15, 0.2) is 3.98 Å². The first-order valence-electron chi connectivity index (χ1n) is 3.73. The first-order chi connectivity index (χ1) is 6.95. The molecule has 6 heteroatoms. The van der Waals surface area contributed by atoms with Crippen molar-refractivity contribution in [1.82, 2.24) is 0 Å². The summed E-state index contributed by atoms with van der Waals surface area (Å²) < 4.78 is 2.21. The quantitative estimate of drug-likeness (QED) is 0.599. The molecule has 0 fully saturated rings. The van der Waals surface area contributed by atoms with Crippen molar-refractivity contribution < 1.29 is 0 Å². The lowest BCUT2D eigenvalue weighted by Crippen LogP contribution is -1.81. The van der Waals surface area contributed by atoms with E-state index in [4.69, 9.17) is 0 Å². The van der Waals surface area contributed by atoms with Crippen molar-refractivity contribution in [2.24, 2.45) is 10.2 Å². The van der Waals surface area contributed by atoms with E-state index in [0.29, 0.717) is 0 Å². The van der Waals surface area contributed by atoms with Crippen LogP contribution in [0.2, 0.25) is 0 Å². The van der Waals surface area contributed by atoms with Gasteiger partial charge in [-0.05, 0) is 16.9 Å². The molecule has 1 aromatic rings. The number of rotatable bonds is 2. The van der Waals surface area contributed by atoms with Crippen molar-refractivity contribution in [2.45, 2.75) is 0 Å². The Balaban J connectivity index is 1.95. The minimum absolute atomic E-state index is 0.976. The van der Waals surface area contributed by atoms with Crippen LogP contribution in [0, 0.1) is 0 Å². The van der Waals surface area contributed by atoms with Gasteiger partial charge in [0.2, 0.25) is 0 Å². The highest BCUT2D eigenvalue weighted by Gasteiger charge is 1.98. The summed E-state index contributed by atoms with van der Waals surface area (Å²) >= 11 is 6.61. The van der Waals surface area contributed by atoms with E-state index < -0.39 is 0 Å². The Morgan fingerprint density at radius 3 is 2.50 bits per heavy atom. The van der Waals surface area contributed by atoms with Crippen molar-refractivity contribution in [3.63, 3.8) is 0 Å². The number of hydrogen-bond donors (Lipinski definition) is 0. The maximum atomic E-state index is 4.05. The van der Waals surface area contributed by atoms with Crippen molar-refractivity contribution in [3.05, 3.63) is 35.9 Å². The standard InChI is InChI=1S/C8H6N2S4/c1(7-11-3-4-12-7)2-9-10-8-13-5-6-14-8/h1-6H/b9-2+. The van der Waals surface area contributed by atoms with E-state index in [-0.39, 0.29) is 0 Å². The summed E-state index contributed by atoms with van der Waals surface area (Å²) in [6.07, 6.45) is 3.70. The molecule has 14 heavy (non-hydrogen) atoms. The van der Waals surface area contributed by atoms with Gasteiger partial charge in [0, 0.05) is 10.8 Å². The minimum atomic E-state index is 0.976. The number of allylic oxidation sites excluding steroid dienone is 1. The van der Waals surface area contributed by atoms with E-state index in [9.17, 15) is 0 Å². The molecule has 0 aromatic carbocycles. The smallest absolute Gasteiger partial charge is 0.157 e. The lowest BCUT2D eigenvalue weighted by Gasteiger charge is -1.86. The Bertz CT molecular complexity index is 411. The second-order valence-corrected chi connectivity index (χ2v) is 6.33. The Hall–Kier alpha value is -0.300. The molecule has 2 heterocycles. The third-order valence-electron chi connectivity index (χ3n) is 1.23. The van der Waals surface area contributed by atoms with E-state index >= 15 is 0 Å². The molecule has 0 atom stereocenters. The zero-order valence-corrected chi connectivity index (χ0v) is 10.3. The van der Waals surface area contributed by atoms with E-state index in [0.717, 1.165) is 3.98 Å². The molecule has 0 amide bonds. The van der Waals surface area contributed by atoms with Crippen LogP contribution in [0.1, 0.15) is 0 Å². The minimum Gasteiger partial charge on any atom is -0.157 e. The van der Waals surface area contributed by atoms with Crippen LogP contribution in [0.25, 0.3) is 0 Å². The summed E-state index contributed by atoms with van der Waals surface area (Å²) in [7, 11) is 0. The Kier molecular flexibility index (Phi) is 4.05. The lowest BCUT2D eigenvalue weighted by molar-refractivity contribution is 1.20. The summed E-state index contributed by atoms with van der Waals surface area (Å²) in [5, 5.41) is 16.1. The Labute approximate surface area is 98.2 Å². The van der Waals surface area contributed by atoms with Gasteiger partial charge in [-0.2, -0.15) is 5.10 Å². The number of nitrogens with zero attached hydrogens (tertiary/aromatic N) is 2. The van der Waals surface area contributed by atoms with Gasteiger partial charge in [0.1, 0.15) is 0 Å². The van der Waals surface area contributed by atoms with Crippen LogP contribution in [-0.2, 0) is 0 Å². The molecule has 0 unspecified atom stereocenters. The highest BCUT2D eigenvalue weighted by Crippen LogP contribution is 2.36. The third kappa shape index (κ3) is 3.13.